The molecular formula is C62H42N2. The maximum absolute atomic E-state index is 2.41. The molecule has 0 fully saturated rings. The van der Waals surface area contributed by atoms with Crippen molar-refractivity contribution in [2.24, 2.45) is 0 Å². The molecule has 0 saturated heterocycles. The number of benzene rings is 11. The van der Waals surface area contributed by atoms with Crippen LogP contribution in [0.25, 0.3) is 93.5 Å². The number of anilines is 3. The van der Waals surface area contributed by atoms with Gasteiger partial charge >= 0.3 is 0 Å². The van der Waals surface area contributed by atoms with Gasteiger partial charge in [0.05, 0.1) is 11.0 Å². The molecule has 0 saturated carbocycles. The van der Waals surface area contributed by atoms with Crippen LogP contribution < -0.4 is 4.90 Å². The first kappa shape index (κ1) is 37.3. The summed E-state index contributed by atoms with van der Waals surface area (Å²) in [4.78, 5) is 2.38. The molecule has 0 aliphatic carbocycles. The highest BCUT2D eigenvalue weighted by atomic mass is 15.1. The number of para-hydroxylation sites is 1. The smallest absolute Gasteiger partial charge is 0.0547 e. The largest absolute Gasteiger partial charge is 0.310 e. The fraction of sp³-hybridized carbons (Fsp3) is 0. The molecule has 0 N–H and O–H groups in total. The fourth-order valence-electron chi connectivity index (χ4n) is 9.67. The number of rotatable bonds is 8. The molecule has 2 heteroatoms. The summed E-state index contributed by atoms with van der Waals surface area (Å²) in [6.07, 6.45) is 0. The van der Waals surface area contributed by atoms with Crippen LogP contribution in [0.1, 0.15) is 0 Å². The maximum Gasteiger partial charge on any atom is 0.0547 e. The molecule has 0 unspecified atom stereocenters. The number of aromatic nitrogens is 1. The molecule has 0 amide bonds. The van der Waals surface area contributed by atoms with Crippen LogP contribution in [0, 0.1) is 0 Å². The molecule has 1 heterocycles. The van der Waals surface area contributed by atoms with Gasteiger partial charge in [0.25, 0.3) is 0 Å². The van der Waals surface area contributed by atoms with Gasteiger partial charge in [-0.2, -0.15) is 0 Å². The van der Waals surface area contributed by atoms with Crippen LogP contribution in [0.4, 0.5) is 17.1 Å². The van der Waals surface area contributed by atoms with Gasteiger partial charge in [-0.1, -0.05) is 182 Å². The Kier molecular flexibility index (Phi) is 9.20. The summed E-state index contributed by atoms with van der Waals surface area (Å²) in [6, 6.07) is 92.7. The maximum atomic E-state index is 2.41. The van der Waals surface area contributed by atoms with E-state index in [9.17, 15) is 0 Å². The second-order valence-electron chi connectivity index (χ2n) is 16.5. The van der Waals surface area contributed by atoms with Crippen LogP contribution in [-0.4, -0.2) is 4.57 Å². The minimum absolute atomic E-state index is 1.09. The van der Waals surface area contributed by atoms with Crippen molar-refractivity contribution >= 4 is 60.4 Å². The van der Waals surface area contributed by atoms with Gasteiger partial charge in [-0.05, 0) is 139 Å². The highest BCUT2D eigenvalue weighted by Crippen LogP contribution is 2.43. The molecule has 12 aromatic rings. The lowest BCUT2D eigenvalue weighted by Gasteiger charge is -2.26. The highest BCUT2D eigenvalue weighted by Gasteiger charge is 2.19. The Labute approximate surface area is 373 Å². The third-order valence-electron chi connectivity index (χ3n) is 12.8. The Morgan fingerprint density at radius 3 is 1.53 bits per heavy atom. The molecule has 0 atom stereocenters. The lowest BCUT2D eigenvalue weighted by molar-refractivity contribution is 1.18. The molecule has 2 nitrogen and oxygen atoms in total. The summed E-state index contributed by atoms with van der Waals surface area (Å²) >= 11 is 0. The van der Waals surface area contributed by atoms with Crippen LogP contribution in [0.3, 0.4) is 0 Å². The van der Waals surface area contributed by atoms with Gasteiger partial charge in [-0.3, -0.25) is 0 Å². The van der Waals surface area contributed by atoms with Crippen LogP contribution in [0.2, 0.25) is 0 Å². The minimum Gasteiger partial charge on any atom is -0.310 e. The van der Waals surface area contributed by atoms with E-state index in [1.165, 1.54) is 82.3 Å². The average Bonchev–Trinajstić information content (AvgIpc) is 3.71. The monoisotopic (exact) mass is 814 g/mol. The molecule has 64 heavy (non-hydrogen) atoms. The van der Waals surface area contributed by atoms with Crippen molar-refractivity contribution in [2.75, 3.05) is 4.90 Å². The first-order valence-corrected chi connectivity index (χ1v) is 22.0. The first-order chi connectivity index (χ1) is 31.7. The lowest BCUT2D eigenvalue weighted by atomic mass is 9.96. The van der Waals surface area contributed by atoms with E-state index in [1.54, 1.807) is 0 Å². The predicted octanol–water partition coefficient (Wildman–Crippen LogP) is 17.2. The first-order valence-electron chi connectivity index (χ1n) is 22.0. The normalized spacial score (nSPS) is 11.4. The van der Waals surface area contributed by atoms with Gasteiger partial charge in [-0.15, -0.1) is 0 Å². The van der Waals surface area contributed by atoms with Crippen molar-refractivity contribution < 1.29 is 0 Å². The van der Waals surface area contributed by atoms with Gasteiger partial charge in [-0.25, -0.2) is 0 Å². The third-order valence-corrected chi connectivity index (χ3v) is 12.8. The van der Waals surface area contributed by atoms with E-state index < -0.39 is 0 Å². The zero-order chi connectivity index (χ0) is 42.4. The molecule has 0 aliphatic heterocycles. The standard InChI is InChI=1S/C62H42N2/c1-4-14-43(15-5-1)45-28-34-53(35-29-45)63(54-36-30-46(31-37-54)48-32-38-57-51(40-48)27-26-47-18-10-11-23-56(47)57)55-22-12-19-50(41-55)58-24-13-25-61-62(58)59-42-49(44-16-6-2-7-17-44)33-39-60(59)64(61)52-20-8-3-9-21-52/h1-42H. The van der Waals surface area contributed by atoms with E-state index in [1.807, 2.05) is 0 Å². The summed E-state index contributed by atoms with van der Waals surface area (Å²) in [5.41, 5.74) is 16.3. The van der Waals surface area contributed by atoms with Crippen LogP contribution in [0.5, 0.6) is 0 Å². The Morgan fingerprint density at radius 1 is 0.266 bits per heavy atom. The summed E-state index contributed by atoms with van der Waals surface area (Å²) in [7, 11) is 0. The summed E-state index contributed by atoms with van der Waals surface area (Å²) in [5, 5.41) is 7.54. The second-order valence-corrected chi connectivity index (χ2v) is 16.5. The zero-order valence-corrected chi connectivity index (χ0v) is 35.1. The second kappa shape index (κ2) is 15.8. The predicted molar refractivity (Wildman–Crippen MR) is 272 cm³/mol. The quantitative estimate of drug-likeness (QED) is 0.139. The zero-order valence-electron chi connectivity index (χ0n) is 35.1. The summed E-state index contributed by atoms with van der Waals surface area (Å²) in [6.45, 7) is 0. The highest BCUT2D eigenvalue weighted by molar-refractivity contribution is 6.17. The number of hydrogen-bond donors (Lipinski definition) is 0. The molecule has 0 spiro atoms. The van der Waals surface area contributed by atoms with E-state index in [2.05, 4.69) is 264 Å². The molecule has 11 aromatic carbocycles. The van der Waals surface area contributed by atoms with Crippen molar-refractivity contribution in [3.63, 3.8) is 0 Å². The SMILES string of the molecule is c1ccc(-c2ccc(N(c3ccc(-c4ccc5c(ccc6ccccc65)c4)cc3)c3cccc(-c4cccc5c4c4cc(-c6ccccc6)ccc4n5-c4ccccc4)c3)cc2)cc1. The van der Waals surface area contributed by atoms with E-state index >= 15 is 0 Å². The van der Waals surface area contributed by atoms with E-state index in [4.69, 9.17) is 0 Å². The molecule has 300 valence electrons. The molecule has 1 aromatic heterocycles. The number of nitrogens with zero attached hydrogens (tertiary/aromatic N) is 2. The van der Waals surface area contributed by atoms with E-state index in [0.717, 1.165) is 28.3 Å². The minimum atomic E-state index is 1.09. The Morgan fingerprint density at radius 2 is 0.797 bits per heavy atom. The van der Waals surface area contributed by atoms with Gasteiger partial charge in [0.2, 0.25) is 0 Å². The molecule has 12 rings (SSSR count). The lowest BCUT2D eigenvalue weighted by Crippen LogP contribution is -2.10. The Balaban J connectivity index is 0.995. The number of hydrogen-bond acceptors (Lipinski definition) is 1. The van der Waals surface area contributed by atoms with Crippen LogP contribution in [-0.2, 0) is 0 Å². The molecular weight excluding hydrogens is 773 g/mol. The van der Waals surface area contributed by atoms with Crippen molar-refractivity contribution in [3.05, 3.63) is 255 Å². The van der Waals surface area contributed by atoms with Gasteiger partial charge in [0.1, 0.15) is 0 Å². The van der Waals surface area contributed by atoms with Crippen molar-refractivity contribution in [1.29, 1.82) is 0 Å². The number of fused-ring (bicyclic) bond motifs is 6. The van der Waals surface area contributed by atoms with Crippen molar-refractivity contribution in [1.82, 2.24) is 4.57 Å². The van der Waals surface area contributed by atoms with Gasteiger partial charge < -0.3 is 9.47 Å². The molecule has 0 bridgehead atoms. The van der Waals surface area contributed by atoms with Gasteiger partial charge in [0.15, 0.2) is 0 Å². The fourth-order valence-corrected chi connectivity index (χ4v) is 9.67. The van der Waals surface area contributed by atoms with E-state index in [0.29, 0.717) is 0 Å². The Bertz CT molecular complexity index is 3630. The average molecular weight is 815 g/mol. The Hall–Kier alpha value is -8.46. The van der Waals surface area contributed by atoms with Crippen molar-refractivity contribution in [2.45, 2.75) is 0 Å². The van der Waals surface area contributed by atoms with Crippen LogP contribution >= 0.6 is 0 Å². The van der Waals surface area contributed by atoms with Crippen molar-refractivity contribution in [3.8, 4) is 50.2 Å². The topological polar surface area (TPSA) is 8.17 Å². The third kappa shape index (κ3) is 6.61. The molecule has 0 radical (unpaired) electrons. The summed E-state index contributed by atoms with van der Waals surface area (Å²) < 4.78 is 2.41. The molecule has 0 aliphatic rings. The van der Waals surface area contributed by atoms with Gasteiger partial charge in [0, 0.05) is 33.5 Å². The van der Waals surface area contributed by atoms with Crippen LogP contribution in [0.15, 0.2) is 255 Å². The summed E-state index contributed by atoms with van der Waals surface area (Å²) in [5.74, 6) is 0. The van der Waals surface area contributed by atoms with E-state index in [-0.39, 0.29) is 0 Å².